The van der Waals surface area contributed by atoms with Crippen molar-refractivity contribution in [2.24, 2.45) is 29.1 Å². The van der Waals surface area contributed by atoms with E-state index in [2.05, 4.69) is 6.92 Å². The van der Waals surface area contributed by atoms with Gasteiger partial charge >= 0.3 is 11.9 Å². The molecule has 8 heteroatoms. The van der Waals surface area contributed by atoms with Crippen molar-refractivity contribution in [1.82, 2.24) is 0 Å². The maximum absolute atomic E-state index is 13.3. The lowest BCUT2D eigenvalue weighted by Crippen LogP contribution is -2.66. The second-order valence-corrected chi connectivity index (χ2v) is 14.0. The van der Waals surface area contributed by atoms with Crippen molar-refractivity contribution in [1.29, 1.82) is 0 Å². The van der Waals surface area contributed by atoms with Gasteiger partial charge in [-0.25, -0.2) is 0 Å². The minimum atomic E-state index is -1.93. The molecule has 8 atom stereocenters. The van der Waals surface area contributed by atoms with Crippen LogP contribution in [0.1, 0.15) is 112 Å². The number of hydrogen-bond acceptors (Lipinski definition) is 8. The first kappa shape index (κ1) is 32.9. The van der Waals surface area contributed by atoms with E-state index in [9.17, 15) is 29.7 Å². The standard InChI is InChI=1S/C34H52O8/c1-7-8-9-10-11-12-13-14-15-16-27(37)42-34-28(31(34,5)6)25-18-24(20-35)19-32(39)26(17-21(2)29(32)38)33(25,40)22(3)30(34)41-23(4)36/h17-18,22,25-26,28,30,35,39-40H,7-16,19-20H2,1-6H3/t22-,25+,26-,28-,30?,32-,33-,34-/m1/s1. The highest BCUT2D eigenvalue weighted by molar-refractivity contribution is 6.04. The largest absolute Gasteiger partial charge is 0.458 e. The lowest BCUT2D eigenvalue weighted by Gasteiger charge is -2.53. The molecule has 0 aliphatic heterocycles. The number of carbonyl (C=O) groups excluding carboxylic acids is 3. The fourth-order valence-corrected chi connectivity index (χ4v) is 8.82. The van der Waals surface area contributed by atoms with Gasteiger partial charge in [-0.1, -0.05) is 91.2 Å². The van der Waals surface area contributed by atoms with Crippen LogP contribution in [0.15, 0.2) is 23.3 Å². The SMILES string of the molecule is CCCCCCCCCCCC(=O)O[C@@]12C(OC(C)=O)[C@@H](C)[C@@]3(O)[C@@H](C=C(CO)C[C@]4(O)C(=O)C(C)=C[C@@H]34)[C@@H]1C2(C)C. The first-order valence-corrected chi connectivity index (χ1v) is 16.1. The van der Waals surface area contributed by atoms with Crippen molar-refractivity contribution in [3.05, 3.63) is 23.3 Å². The molecule has 1 unspecified atom stereocenters. The zero-order valence-corrected chi connectivity index (χ0v) is 26.4. The molecular weight excluding hydrogens is 536 g/mol. The van der Waals surface area contributed by atoms with E-state index < -0.39 is 63.7 Å². The van der Waals surface area contributed by atoms with Crippen LogP contribution >= 0.6 is 0 Å². The number of unbranched alkanes of at least 4 members (excludes halogenated alkanes) is 8. The molecule has 4 aliphatic carbocycles. The number of fused-ring (bicyclic) bond motifs is 5. The quantitative estimate of drug-likeness (QED) is 0.156. The number of aliphatic hydroxyl groups excluding tert-OH is 1. The van der Waals surface area contributed by atoms with E-state index in [-0.39, 0.29) is 25.4 Å². The minimum absolute atomic E-state index is 0.108. The van der Waals surface area contributed by atoms with Crippen molar-refractivity contribution in [3.63, 3.8) is 0 Å². The normalized spacial score (nSPS) is 37.9. The molecule has 8 nitrogen and oxygen atoms in total. The zero-order chi connectivity index (χ0) is 31.1. The van der Waals surface area contributed by atoms with Crippen LogP contribution in [-0.4, -0.2) is 62.6 Å². The Bertz CT molecular complexity index is 1120. The van der Waals surface area contributed by atoms with Gasteiger partial charge in [0.15, 0.2) is 11.4 Å². The first-order valence-electron chi connectivity index (χ1n) is 16.1. The second kappa shape index (κ2) is 12.2. The molecule has 0 aromatic rings. The van der Waals surface area contributed by atoms with Crippen molar-refractivity contribution in [3.8, 4) is 0 Å². The van der Waals surface area contributed by atoms with Gasteiger partial charge in [-0.3, -0.25) is 14.4 Å². The molecule has 0 radical (unpaired) electrons. The van der Waals surface area contributed by atoms with Crippen molar-refractivity contribution in [2.75, 3.05) is 6.61 Å². The van der Waals surface area contributed by atoms with Crippen LogP contribution in [0.25, 0.3) is 0 Å². The van der Waals surface area contributed by atoms with Gasteiger partial charge in [0, 0.05) is 48.9 Å². The van der Waals surface area contributed by atoms with Crippen LogP contribution in [0.3, 0.4) is 0 Å². The lowest BCUT2D eigenvalue weighted by molar-refractivity contribution is -0.228. The molecular formula is C34H52O8. The number of rotatable bonds is 13. The summed E-state index contributed by atoms with van der Waals surface area (Å²) in [6, 6.07) is 0. The number of Topliss-reactive ketones (excluding diaryl/α,β-unsaturated/α-hetero) is 1. The summed E-state index contributed by atoms with van der Waals surface area (Å²) in [5.74, 6) is -4.30. The average molecular weight is 589 g/mol. The van der Waals surface area contributed by atoms with Gasteiger partial charge in [-0.2, -0.15) is 0 Å². The van der Waals surface area contributed by atoms with Crippen LogP contribution in [0, 0.1) is 29.1 Å². The summed E-state index contributed by atoms with van der Waals surface area (Å²) in [6.45, 7) is 10.4. The van der Waals surface area contributed by atoms with Crippen LogP contribution < -0.4 is 0 Å². The van der Waals surface area contributed by atoms with Crippen LogP contribution in [0.2, 0.25) is 0 Å². The molecule has 0 saturated heterocycles. The highest BCUT2D eigenvalue weighted by Crippen LogP contribution is 2.77. The maximum atomic E-state index is 13.3. The van der Waals surface area contributed by atoms with Gasteiger partial charge in [-0.05, 0) is 24.5 Å². The molecule has 236 valence electrons. The average Bonchev–Trinajstić information content (AvgIpc) is 3.35. The van der Waals surface area contributed by atoms with E-state index in [4.69, 9.17) is 9.47 Å². The van der Waals surface area contributed by atoms with Gasteiger partial charge < -0.3 is 24.8 Å². The Morgan fingerprint density at radius 2 is 1.60 bits per heavy atom. The fourth-order valence-electron chi connectivity index (χ4n) is 8.82. The Morgan fingerprint density at radius 1 is 1.00 bits per heavy atom. The third-order valence-electron chi connectivity index (χ3n) is 11.0. The Kier molecular flexibility index (Phi) is 9.52. The number of carbonyl (C=O) groups is 3. The predicted octanol–water partition coefficient (Wildman–Crippen LogP) is 4.97. The molecule has 2 fully saturated rings. The Hall–Kier alpha value is -2.03. The third kappa shape index (κ3) is 5.19. The highest BCUT2D eigenvalue weighted by Gasteiger charge is 2.87. The summed E-state index contributed by atoms with van der Waals surface area (Å²) >= 11 is 0. The smallest absolute Gasteiger partial charge is 0.306 e. The van der Waals surface area contributed by atoms with Gasteiger partial charge in [0.05, 0.1) is 12.2 Å². The molecule has 0 aromatic heterocycles. The third-order valence-corrected chi connectivity index (χ3v) is 11.0. The van der Waals surface area contributed by atoms with Gasteiger partial charge in [0.1, 0.15) is 11.7 Å². The number of aliphatic hydroxyl groups is 3. The maximum Gasteiger partial charge on any atom is 0.306 e. The fraction of sp³-hybridized carbons (Fsp3) is 0.794. The molecule has 0 heterocycles. The summed E-state index contributed by atoms with van der Waals surface area (Å²) in [4.78, 5) is 39.0. The summed E-state index contributed by atoms with van der Waals surface area (Å²) in [6.07, 6.45) is 12.7. The number of esters is 2. The molecule has 4 aliphatic rings. The first-order chi connectivity index (χ1) is 19.7. The summed E-state index contributed by atoms with van der Waals surface area (Å²) < 4.78 is 12.2. The van der Waals surface area contributed by atoms with E-state index >= 15 is 0 Å². The van der Waals surface area contributed by atoms with Gasteiger partial charge in [0.25, 0.3) is 0 Å². The highest BCUT2D eigenvalue weighted by atomic mass is 16.6. The van der Waals surface area contributed by atoms with E-state index in [1.807, 2.05) is 13.8 Å². The van der Waals surface area contributed by atoms with Crippen molar-refractivity contribution in [2.45, 2.75) is 135 Å². The summed E-state index contributed by atoms with van der Waals surface area (Å²) in [5.41, 5.74) is -4.70. The van der Waals surface area contributed by atoms with E-state index in [0.29, 0.717) is 17.6 Å². The van der Waals surface area contributed by atoms with Gasteiger partial charge in [-0.15, -0.1) is 0 Å². The van der Waals surface area contributed by atoms with Crippen LogP contribution in [0.5, 0.6) is 0 Å². The number of hydrogen-bond donors (Lipinski definition) is 3. The molecule has 0 spiro atoms. The number of ether oxygens (including phenoxy) is 2. The number of ketones is 1. The van der Waals surface area contributed by atoms with Crippen molar-refractivity contribution < 1.29 is 39.2 Å². The molecule has 3 N–H and O–H groups in total. The Balaban J connectivity index is 1.59. The van der Waals surface area contributed by atoms with Crippen LogP contribution in [-0.2, 0) is 23.9 Å². The molecule has 0 bridgehead atoms. The predicted molar refractivity (Wildman–Crippen MR) is 158 cm³/mol. The lowest BCUT2D eigenvalue weighted by atomic mass is 9.59. The Labute approximate surface area is 250 Å². The van der Waals surface area contributed by atoms with E-state index in [1.165, 1.54) is 39.0 Å². The van der Waals surface area contributed by atoms with E-state index in [1.54, 1.807) is 26.0 Å². The van der Waals surface area contributed by atoms with Crippen LogP contribution in [0.4, 0.5) is 0 Å². The molecule has 4 rings (SSSR count). The molecule has 0 aromatic carbocycles. The monoisotopic (exact) mass is 588 g/mol. The Morgan fingerprint density at radius 3 is 2.17 bits per heavy atom. The second-order valence-electron chi connectivity index (χ2n) is 14.0. The molecule has 42 heavy (non-hydrogen) atoms. The summed E-state index contributed by atoms with van der Waals surface area (Å²) in [7, 11) is 0. The summed E-state index contributed by atoms with van der Waals surface area (Å²) in [5, 5.41) is 34.7. The zero-order valence-electron chi connectivity index (χ0n) is 26.4. The topological polar surface area (TPSA) is 130 Å². The van der Waals surface area contributed by atoms with E-state index in [0.717, 1.165) is 19.3 Å². The minimum Gasteiger partial charge on any atom is -0.458 e. The molecule has 2 saturated carbocycles. The van der Waals surface area contributed by atoms with Crippen molar-refractivity contribution >= 4 is 17.7 Å². The molecule has 0 amide bonds. The van der Waals surface area contributed by atoms with Gasteiger partial charge in [0.2, 0.25) is 0 Å².